The third-order valence-electron chi connectivity index (χ3n) is 7.13. The van der Waals surface area contributed by atoms with E-state index in [4.69, 9.17) is 13.8 Å². The highest BCUT2D eigenvalue weighted by Gasteiger charge is 2.19. The van der Waals surface area contributed by atoms with Crippen molar-refractivity contribution in [3.63, 3.8) is 0 Å². The fourth-order valence-corrected chi connectivity index (χ4v) is 5.43. The van der Waals surface area contributed by atoms with E-state index >= 15 is 0 Å². The molecule has 0 fully saturated rings. The Balaban J connectivity index is 3.83. The molecule has 0 aliphatic carbocycles. The summed E-state index contributed by atoms with van der Waals surface area (Å²) in [6.07, 6.45) is 20.4. The van der Waals surface area contributed by atoms with Crippen LogP contribution in [0.25, 0.3) is 0 Å². The number of likely N-dealkylation sites (N-methyl/N-ethyl adjacent to an activating group) is 1. The molecule has 2 unspecified atom stereocenters. The summed E-state index contributed by atoms with van der Waals surface area (Å²) < 4.78 is 28.4. The topological polar surface area (TPSA) is 96.9 Å². The molecular formula is C30H63N2O6P. The van der Waals surface area contributed by atoms with Crippen molar-refractivity contribution >= 4 is 13.7 Å². The van der Waals surface area contributed by atoms with Gasteiger partial charge < -0.3 is 28.5 Å². The third kappa shape index (κ3) is 26.2. The van der Waals surface area contributed by atoms with E-state index in [-0.39, 0.29) is 25.7 Å². The second-order valence-electron chi connectivity index (χ2n) is 11.5. The van der Waals surface area contributed by atoms with E-state index in [1.54, 1.807) is 0 Å². The summed E-state index contributed by atoms with van der Waals surface area (Å²) in [6.45, 7) is 8.21. The second-order valence-corrected chi connectivity index (χ2v) is 13.0. The molecule has 0 bridgehead atoms. The van der Waals surface area contributed by atoms with Crippen LogP contribution in [0.2, 0.25) is 0 Å². The van der Waals surface area contributed by atoms with Crippen LogP contribution in [-0.2, 0) is 23.1 Å². The molecule has 1 N–H and O–H groups in total. The van der Waals surface area contributed by atoms with Gasteiger partial charge in [0, 0.05) is 19.6 Å². The summed E-state index contributed by atoms with van der Waals surface area (Å²) in [5.41, 5.74) is 0. The first-order valence-corrected chi connectivity index (χ1v) is 17.4. The number of nitrogens with zero attached hydrogens (tertiary/aromatic N) is 1. The van der Waals surface area contributed by atoms with Gasteiger partial charge in [0.1, 0.15) is 13.2 Å². The molecule has 0 saturated carbocycles. The standard InChI is InChI=1S/C30H63N2O6P/c1-6-9-10-11-12-13-14-15-16-17-18-19-20-21-22-23-30(33)31-27-29(36-8-3)28-38-39(34,35)37-26-25-32(4,5)24-7-2/h29H,6-28H2,1-5H3,(H-,31,33,34,35). The summed E-state index contributed by atoms with van der Waals surface area (Å²) in [5.74, 6) is -0.0353. The van der Waals surface area contributed by atoms with Crippen LogP contribution in [0.15, 0.2) is 0 Å². The first-order valence-electron chi connectivity index (χ1n) is 16.0. The molecule has 2 atom stereocenters. The fraction of sp³-hybridized carbons (Fsp3) is 0.967. The summed E-state index contributed by atoms with van der Waals surface area (Å²) in [7, 11) is -0.345. The van der Waals surface area contributed by atoms with Gasteiger partial charge in [-0.2, -0.15) is 0 Å². The van der Waals surface area contributed by atoms with E-state index in [1.807, 2.05) is 21.0 Å². The molecule has 39 heavy (non-hydrogen) atoms. The monoisotopic (exact) mass is 578 g/mol. The number of ether oxygens (including phenoxy) is 1. The second kappa shape index (κ2) is 25.2. The molecule has 0 heterocycles. The Bertz CT molecular complexity index is 620. The number of carbonyl (C=O) groups excluding carboxylic acids is 1. The number of quaternary nitrogens is 1. The molecule has 8 nitrogen and oxygen atoms in total. The van der Waals surface area contributed by atoms with Crippen molar-refractivity contribution in [3.8, 4) is 0 Å². The fourth-order valence-electron chi connectivity index (χ4n) is 4.70. The molecule has 0 radical (unpaired) electrons. The maximum absolute atomic E-state index is 12.2. The van der Waals surface area contributed by atoms with Crippen LogP contribution in [0.4, 0.5) is 0 Å². The maximum Gasteiger partial charge on any atom is 0.268 e. The summed E-state index contributed by atoms with van der Waals surface area (Å²) >= 11 is 0. The SMILES string of the molecule is CCCCCCCCCCCCCCCCCC(=O)NCC(COP(=O)([O-])OCC[N+](C)(C)CCC)OCC. The number of rotatable bonds is 29. The Labute approximate surface area is 241 Å². The first kappa shape index (κ1) is 38.5. The Morgan fingerprint density at radius 3 is 1.77 bits per heavy atom. The quantitative estimate of drug-likeness (QED) is 0.0599. The lowest BCUT2D eigenvalue weighted by atomic mass is 10.0. The number of unbranched alkanes of at least 4 members (excludes halogenated alkanes) is 14. The van der Waals surface area contributed by atoms with Crippen molar-refractivity contribution in [1.82, 2.24) is 5.32 Å². The van der Waals surface area contributed by atoms with Gasteiger partial charge in [-0.1, -0.05) is 104 Å². The molecule has 0 aliphatic rings. The van der Waals surface area contributed by atoms with E-state index in [1.165, 1.54) is 83.5 Å². The van der Waals surface area contributed by atoms with Crippen LogP contribution in [0.3, 0.4) is 0 Å². The van der Waals surface area contributed by atoms with Crippen LogP contribution in [0.1, 0.15) is 130 Å². The molecule has 0 spiro atoms. The van der Waals surface area contributed by atoms with Crippen LogP contribution < -0.4 is 10.2 Å². The normalized spacial score (nSPS) is 14.3. The molecule has 0 rings (SSSR count). The van der Waals surface area contributed by atoms with Gasteiger partial charge >= 0.3 is 0 Å². The highest BCUT2D eigenvalue weighted by Crippen LogP contribution is 2.38. The van der Waals surface area contributed by atoms with Crippen LogP contribution in [0, 0.1) is 0 Å². The van der Waals surface area contributed by atoms with E-state index in [0.717, 1.165) is 25.8 Å². The lowest BCUT2D eigenvalue weighted by Gasteiger charge is -2.31. The largest absolute Gasteiger partial charge is 0.756 e. The van der Waals surface area contributed by atoms with Gasteiger partial charge in [-0.3, -0.25) is 9.36 Å². The van der Waals surface area contributed by atoms with Crippen LogP contribution in [0.5, 0.6) is 0 Å². The van der Waals surface area contributed by atoms with Gasteiger partial charge in [0.15, 0.2) is 0 Å². The minimum absolute atomic E-state index is 0.0353. The van der Waals surface area contributed by atoms with Crippen molar-refractivity contribution < 1.29 is 32.5 Å². The Kier molecular flexibility index (Phi) is 24.9. The maximum atomic E-state index is 12.2. The molecule has 9 heteroatoms. The van der Waals surface area contributed by atoms with E-state index in [9.17, 15) is 14.3 Å². The van der Waals surface area contributed by atoms with E-state index < -0.39 is 13.9 Å². The van der Waals surface area contributed by atoms with E-state index in [2.05, 4.69) is 19.2 Å². The number of hydrogen-bond acceptors (Lipinski definition) is 6. The number of hydrogen-bond donors (Lipinski definition) is 1. The lowest BCUT2D eigenvalue weighted by Crippen LogP contribution is -2.42. The average molecular weight is 579 g/mol. The average Bonchev–Trinajstić information content (AvgIpc) is 2.87. The Hall–Kier alpha value is -0.500. The summed E-state index contributed by atoms with van der Waals surface area (Å²) in [5, 5.41) is 2.85. The number of nitrogens with one attached hydrogen (secondary N) is 1. The molecular weight excluding hydrogens is 515 g/mol. The number of amides is 1. The van der Waals surface area contributed by atoms with Crippen molar-refractivity contribution in [1.29, 1.82) is 0 Å². The molecule has 234 valence electrons. The lowest BCUT2D eigenvalue weighted by molar-refractivity contribution is -0.890. The van der Waals surface area contributed by atoms with E-state index in [0.29, 0.717) is 24.1 Å². The van der Waals surface area contributed by atoms with Gasteiger partial charge in [0.2, 0.25) is 5.91 Å². The number of phosphoric acid groups is 1. The highest BCUT2D eigenvalue weighted by molar-refractivity contribution is 7.45. The number of phosphoric ester groups is 1. The minimum Gasteiger partial charge on any atom is -0.756 e. The highest BCUT2D eigenvalue weighted by atomic mass is 31.2. The van der Waals surface area contributed by atoms with Crippen molar-refractivity contribution in [2.75, 3.05) is 53.6 Å². The molecule has 0 aromatic carbocycles. The predicted molar refractivity (Wildman–Crippen MR) is 160 cm³/mol. The smallest absolute Gasteiger partial charge is 0.268 e. The predicted octanol–water partition coefficient (Wildman–Crippen LogP) is 6.76. The molecule has 0 aliphatic heterocycles. The van der Waals surface area contributed by atoms with Gasteiger partial charge in [-0.05, 0) is 19.8 Å². The van der Waals surface area contributed by atoms with Gasteiger partial charge in [0.05, 0.1) is 33.4 Å². The summed E-state index contributed by atoms with van der Waals surface area (Å²) in [4.78, 5) is 24.3. The first-order chi connectivity index (χ1) is 18.7. The van der Waals surface area contributed by atoms with Crippen LogP contribution in [-0.4, -0.2) is 70.0 Å². The van der Waals surface area contributed by atoms with Crippen molar-refractivity contribution in [3.05, 3.63) is 0 Å². The zero-order valence-corrected chi connectivity index (χ0v) is 27.1. The molecule has 1 amide bonds. The Morgan fingerprint density at radius 1 is 0.769 bits per heavy atom. The zero-order valence-electron chi connectivity index (χ0n) is 26.2. The number of carbonyl (C=O) groups is 1. The van der Waals surface area contributed by atoms with Gasteiger partial charge in [-0.25, -0.2) is 0 Å². The van der Waals surface area contributed by atoms with Gasteiger partial charge in [0.25, 0.3) is 7.82 Å². The summed E-state index contributed by atoms with van der Waals surface area (Å²) in [6, 6.07) is 0. The molecule has 0 saturated heterocycles. The molecule has 0 aromatic heterocycles. The zero-order chi connectivity index (χ0) is 29.2. The molecule has 0 aromatic rings. The Morgan fingerprint density at radius 2 is 1.28 bits per heavy atom. The van der Waals surface area contributed by atoms with Crippen molar-refractivity contribution in [2.24, 2.45) is 0 Å². The van der Waals surface area contributed by atoms with Gasteiger partial charge in [-0.15, -0.1) is 0 Å². The van der Waals surface area contributed by atoms with Crippen LogP contribution >= 0.6 is 7.82 Å². The minimum atomic E-state index is -4.42. The third-order valence-corrected chi connectivity index (χ3v) is 8.09. The van der Waals surface area contributed by atoms with Crippen molar-refractivity contribution in [2.45, 2.75) is 136 Å².